The Morgan fingerprint density at radius 2 is 2.00 bits per heavy atom. The van der Waals surface area contributed by atoms with Crippen molar-refractivity contribution < 1.29 is 0 Å². The predicted molar refractivity (Wildman–Crippen MR) is 95.5 cm³/mol. The number of hydrogen-bond donors (Lipinski definition) is 1. The van der Waals surface area contributed by atoms with Crippen LogP contribution in [0.3, 0.4) is 0 Å². The van der Waals surface area contributed by atoms with E-state index in [0.29, 0.717) is 0 Å². The molecule has 1 aromatic carbocycles. The van der Waals surface area contributed by atoms with Crippen molar-refractivity contribution in [2.24, 2.45) is 11.0 Å². The van der Waals surface area contributed by atoms with Gasteiger partial charge in [-0.3, -0.25) is 14.8 Å². The number of hydrogen-bond acceptors (Lipinski definition) is 4. The van der Waals surface area contributed by atoms with Crippen molar-refractivity contribution in [2.45, 2.75) is 45.6 Å². The maximum Gasteiger partial charge on any atom is 0.257 e. The second-order valence-electron chi connectivity index (χ2n) is 6.69. The fourth-order valence-electron chi connectivity index (χ4n) is 3.57. The first-order valence-electron chi connectivity index (χ1n) is 8.75. The monoisotopic (exact) mass is 322 g/mol. The van der Waals surface area contributed by atoms with Gasteiger partial charge in [0.05, 0.1) is 11.4 Å². The van der Waals surface area contributed by atoms with Crippen molar-refractivity contribution in [3.8, 4) is 0 Å². The summed E-state index contributed by atoms with van der Waals surface area (Å²) in [5.74, 6) is 1.04. The topological polar surface area (TPSA) is 59.3 Å². The molecule has 5 heteroatoms. The van der Waals surface area contributed by atoms with E-state index in [1.807, 2.05) is 34.9 Å². The molecule has 0 saturated heterocycles. The Balaban J connectivity index is 1.77. The van der Waals surface area contributed by atoms with Gasteiger partial charge in [0, 0.05) is 18.0 Å². The van der Waals surface area contributed by atoms with Crippen molar-refractivity contribution in [2.75, 3.05) is 5.43 Å². The molecule has 0 bridgehead atoms. The summed E-state index contributed by atoms with van der Waals surface area (Å²) < 4.78 is 1.83. The second-order valence-corrected chi connectivity index (χ2v) is 6.69. The van der Waals surface area contributed by atoms with E-state index in [9.17, 15) is 4.79 Å². The summed E-state index contributed by atoms with van der Waals surface area (Å²) in [5, 5.41) is 4.61. The fraction of sp³-hybridized carbons (Fsp3) is 0.421. The van der Waals surface area contributed by atoms with E-state index < -0.39 is 0 Å². The van der Waals surface area contributed by atoms with Gasteiger partial charge in [-0.2, -0.15) is 5.10 Å². The third-order valence-corrected chi connectivity index (χ3v) is 5.00. The Bertz CT molecular complexity index is 838. The van der Waals surface area contributed by atoms with Crippen LogP contribution in [0.15, 0.2) is 40.2 Å². The minimum absolute atomic E-state index is 0.147. The van der Waals surface area contributed by atoms with E-state index in [-0.39, 0.29) is 11.5 Å². The molecule has 1 aliphatic heterocycles. The van der Waals surface area contributed by atoms with Crippen LogP contribution in [0.2, 0.25) is 0 Å². The van der Waals surface area contributed by atoms with Crippen molar-refractivity contribution in [1.82, 2.24) is 9.55 Å². The van der Waals surface area contributed by atoms with Crippen molar-refractivity contribution in [3.05, 3.63) is 57.8 Å². The molecule has 2 heterocycles. The molecule has 1 N–H and O–H groups in total. The van der Waals surface area contributed by atoms with Crippen LogP contribution >= 0.6 is 0 Å². The van der Waals surface area contributed by atoms with Gasteiger partial charge in [-0.25, -0.2) is 4.98 Å². The first-order chi connectivity index (χ1) is 11.7. The summed E-state index contributed by atoms with van der Waals surface area (Å²) in [4.78, 5) is 17.7. The lowest BCUT2D eigenvalue weighted by atomic mass is 9.93. The molecule has 1 aromatic heterocycles. The molecule has 124 valence electrons. The first-order valence-corrected chi connectivity index (χ1v) is 8.75. The minimum atomic E-state index is 0.147. The lowest BCUT2D eigenvalue weighted by molar-refractivity contribution is 0.504. The normalized spacial score (nSPS) is 21.2. The Labute approximate surface area is 141 Å². The summed E-state index contributed by atoms with van der Waals surface area (Å²) in [6.07, 6.45) is 4.91. The van der Waals surface area contributed by atoms with Crippen LogP contribution in [0.25, 0.3) is 0 Å². The number of hydrazone groups is 1. The zero-order chi connectivity index (χ0) is 16.5. The number of para-hydroxylation sites is 1. The maximum atomic E-state index is 12.8. The molecule has 1 unspecified atom stereocenters. The van der Waals surface area contributed by atoms with E-state index in [2.05, 4.69) is 17.5 Å². The Hall–Kier alpha value is -2.43. The smallest absolute Gasteiger partial charge is 0.257 e. The number of aromatic nitrogens is 2. The second kappa shape index (κ2) is 6.23. The van der Waals surface area contributed by atoms with E-state index in [4.69, 9.17) is 4.98 Å². The first kappa shape index (κ1) is 15.1. The summed E-state index contributed by atoms with van der Waals surface area (Å²) >= 11 is 0. The fourth-order valence-corrected chi connectivity index (χ4v) is 3.57. The standard InChI is InChI=1S/C19H22N4O/c1-13-11-12-23-18(17(13)22-21-14-7-3-2-4-8-14)20-16-10-6-5-9-15(16)19(23)24/h2-4,7-8,13,21H,5-6,9-12H2,1H3/b22-17+. The molecule has 2 aliphatic rings. The molecule has 24 heavy (non-hydrogen) atoms. The molecular weight excluding hydrogens is 300 g/mol. The number of anilines is 1. The van der Waals surface area contributed by atoms with E-state index >= 15 is 0 Å². The average molecular weight is 322 g/mol. The molecule has 0 fully saturated rings. The van der Waals surface area contributed by atoms with Crippen molar-refractivity contribution in [1.29, 1.82) is 0 Å². The SMILES string of the molecule is CC1CCn2c(nc3c(c2=O)CCCC3)/C1=N/Nc1ccccc1. The summed E-state index contributed by atoms with van der Waals surface area (Å²) in [5.41, 5.74) is 7.00. The van der Waals surface area contributed by atoms with Gasteiger partial charge in [0.1, 0.15) is 5.71 Å². The third kappa shape index (κ3) is 2.64. The van der Waals surface area contributed by atoms with Gasteiger partial charge in [-0.15, -0.1) is 0 Å². The van der Waals surface area contributed by atoms with E-state index in [1.165, 1.54) is 0 Å². The van der Waals surface area contributed by atoms with Crippen LogP contribution in [-0.2, 0) is 19.4 Å². The number of nitrogens with one attached hydrogen (secondary N) is 1. The summed E-state index contributed by atoms with van der Waals surface area (Å²) in [7, 11) is 0. The molecule has 2 aromatic rings. The largest absolute Gasteiger partial charge is 0.291 e. The minimum Gasteiger partial charge on any atom is -0.291 e. The highest BCUT2D eigenvalue weighted by Crippen LogP contribution is 2.23. The molecule has 1 atom stereocenters. The molecule has 5 nitrogen and oxygen atoms in total. The molecule has 1 aliphatic carbocycles. The number of rotatable bonds is 2. The van der Waals surface area contributed by atoms with Crippen molar-refractivity contribution in [3.63, 3.8) is 0 Å². The van der Waals surface area contributed by atoms with Gasteiger partial charge in [-0.05, 0) is 44.2 Å². The van der Waals surface area contributed by atoms with Gasteiger partial charge in [0.15, 0.2) is 5.82 Å². The van der Waals surface area contributed by atoms with Crippen LogP contribution in [0.5, 0.6) is 0 Å². The Kier molecular flexibility index (Phi) is 3.92. The van der Waals surface area contributed by atoms with Gasteiger partial charge in [0.2, 0.25) is 0 Å². The molecule has 4 rings (SSSR count). The molecule has 0 saturated carbocycles. The number of benzene rings is 1. The highest BCUT2D eigenvalue weighted by molar-refractivity contribution is 6.00. The van der Waals surface area contributed by atoms with Crippen LogP contribution in [-0.4, -0.2) is 15.3 Å². The Morgan fingerprint density at radius 3 is 2.83 bits per heavy atom. The quantitative estimate of drug-likeness (QED) is 0.865. The van der Waals surface area contributed by atoms with Gasteiger partial charge in [0.25, 0.3) is 5.56 Å². The maximum absolute atomic E-state index is 12.8. The zero-order valence-electron chi connectivity index (χ0n) is 14.0. The van der Waals surface area contributed by atoms with Crippen LogP contribution in [0.4, 0.5) is 5.69 Å². The summed E-state index contributed by atoms with van der Waals surface area (Å²) in [6, 6.07) is 9.87. The molecular formula is C19H22N4O. The van der Waals surface area contributed by atoms with E-state index in [0.717, 1.165) is 67.1 Å². The summed E-state index contributed by atoms with van der Waals surface area (Å²) in [6.45, 7) is 2.89. The lowest BCUT2D eigenvalue weighted by Gasteiger charge is -2.27. The van der Waals surface area contributed by atoms with Crippen LogP contribution < -0.4 is 11.0 Å². The highest BCUT2D eigenvalue weighted by atomic mass is 16.1. The van der Waals surface area contributed by atoms with E-state index in [1.54, 1.807) is 0 Å². The number of fused-ring (bicyclic) bond motifs is 2. The molecule has 0 radical (unpaired) electrons. The lowest BCUT2D eigenvalue weighted by Crippen LogP contribution is -2.39. The molecule has 0 amide bonds. The van der Waals surface area contributed by atoms with Crippen LogP contribution in [0, 0.1) is 5.92 Å². The third-order valence-electron chi connectivity index (χ3n) is 5.00. The number of nitrogens with zero attached hydrogens (tertiary/aromatic N) is 3. The zero-order valence-corrected chi connectivity index (χ0v) is 14.0. The van der Waals surface area contributed by atoms with Gasteiger partial charge >= 0.3 is 0 Å². The number of aryl methyl sites for hydroxylation is 1. The Morgan fingerprint density at radius 1 is 1.21 bits per heavy atom. The predicted octanol–water partition coefficient (Wildman–Crippen LogP) is 2.98. The van der Waals surface area contributed by atoms with Crippen LogP contribution in [0.1, 0.15) is 43.3 Å². The highest BCUT2D eigenvalue weighted by Gasteiger charge is 2.28. The van der Waals surface area contributed by atoms with Gasteiger partial charge in [-0.1, -0.05) is 25.1 Å². The molecule has 0 spiro atoms. The average Bonchev–Trinajstić information content (AvgIpc) is 2.62. The van der Waals surface area contributed by atoms with Gasteiger partial charge < -0.3 is 0 Å². The van der Waals surface area contributed by atoms with Crippen molar-refractivity contribution >= 4 is 11.4 Å².